The van der Waals surface area contributed by atoms with E-state index in [-0.39, 0.29) is 0 Å². The number of methoxy groups -OCH3 is 1. The van der Waals surface area contributed by atoms with Crippen molar-refractivity contribution in [1.29, 1.82) is 0 Å². The lowest BCUT2D eigenvalue weighted by Crippen LogP contribution is -2.34. The molecule has 5 nitrogen and oxygen atoms in total. The fourth-order valence-corrected chi connectivity index (χ4v) is 3.38. The van der Waals surface area contributed by atoms with E-state index < -0.39 is 5.60 Å². The van der Waals surface area contributed by atoms with Crippen LogP contribution in [0.1, 0.15) is 38.8 Å². The summed E-state index contributed by atoms with van der Waals surface area (Å²) in [6.45, 7) is 7.44. The molecule has 6 heteroatoms. The molecule has 1 saturated heterocycles. The highest BCUT2D eigenvalue weighted by Gasteiger charge is 2.37. The molecule has 120 valence electrons. The van der Waals surface area contributed by atoms with E-state index in [2.05, 4.69) is 23.8 Å². The van der Waals surface area contributed by atoms with Crippen LogP contribution in [0.3, 0.4) is 0 Å². The third kappa shape index (κ3) is 3.77. The number of aliphatic hydroxyl groups is 1. The van der Waals surface area contributed by atoms with Crippen molar-refractivity contribution in [2.45, 2.75) is 51.3 Å². The molecule has 2 rings (SSSR count). The molecule has 0 bridgehead atoms. The fourth-order valence-electron chi connectivity index (χ4n) is 3.07. The molecule has 1 aliphatic heterocycles. The molecular weight excluding hydrogens is 290 g/mol. The van der Waals surface area contributed by atoms with Gasteiger partial charge in [0.2, 0.25) is 0 Å². The maximum absolute atomic E-state index is 11.2. The average Bonchev–Trinajstić information content (AvgIpc) is 2.69. The highest BCUT2D eigenvalue weighted by molar-refractivity contribution is 6.31. The van der Waals surface area contributed by atoms with Gasteiger partial charge in [0.1, 0.15) is 5.60 Å². The van der Waals surface area contributed by atoms with Crippen LogP contribution in [-0.2, 0) is 16.9 Å². The standard InChI is InChI=1S/C15H26ClN3O2/c1-12(2)18-7-4-5-15(20,6-8-18)14-13(16)11-17-19(14)9-10-21-3/h11-12,20H,4-10H2,1-3H3. The van der Waals surface area contributed by atoms with Gasteiger partial charge in [0.25, 0.3) is 0 Å². The van der Waals surface area contributed by atoms with Crippen molar-refractivity contribution in [3.8, 4) is 0 Å². The molecule has 1 unspecified atom stereocenters. The summed E-state index contributed by atoms with van der Waals surface area (Å²) in [7, 11) is 1.66. The Morgan fingerprint density at radius 3 is 2.86 bits per heavy atom. The molecular formula is C15H26ClN3O2. The molecule has 1 aromatic heterocycles. The summed E-state index contributed by atoms with van der Waals surface area (Å²) in [4.78, 5) is 2.40. The SMILES string of the molecule is COCCn1ncc(Cl)c1C1(O)CCCN(C(C)C)CC1. The highest BCUT2D eigenvalue weighted by Crippen LogP contribution is 2.37. The van der Waals surface area contributed by atoms with E-state index in [1.165, 1.54) is 0 Å². The normalized spacial score (nSPS) is 24.5. The summed E-state index contributed by atoms with van der Waals surface area (Å²) < 4.78 is 6.90. The summed E-state index contributed by atoms with van der Waals surface area (Å²) in [5.74, 6) is 0. The van der Waals surface area contributed by atoms with Gasteiger partial charge in [-0.1, -0.05) is 11.6 Å². The Morgan fingerprint density at radius 2 is 2.19 bits per heavy atom. The molecule has 0 radical (unpaired) electrons. The van der Waals surface area contributed by atoms with Gasteiger partial charge in [0, 0.05) is 19.7 Å². The average molecular weight is 316 g/mol. The Balaban J connectivity index is 2.21. The number of hydrogen-bond donors (Lipinski definition) is 1. The van der Waals surface area contributed by atoms with E-state index in [9.17, 15) is 5.11 Å². The van der Waals surface area contributed by atoms with Gasteiger partial charge >= 0.3 is 0 Å². The van der Waals surface area contributed by atoms with Crippen LogP contribution in [0.4, 0.5) is 0 Å². The molecule has 0 aliphatic carbocycles. The molecule has 0 amide bonds. The first-order chi connectivity index (χ1) is 9.98. The molecule has 1 aromatic rings. The summed E-state index contributed by atoms with van der Waals surface area (Å²) in [5, 5.41) is 16.0. The van der Waals surface area contributed by atoms with Gasteiger partial charge in [-0.15, -0.1) is 0 Å². The number of nitrogens with zero attached hydrogens (tertiary/aromatic N) is 3. The number of hydrogen-bond acceptors (Lipinski definition) is 4. The van der Waals surface area contributed by atoms with Gasteiger partial charge in [-0.2, -0.15) is 5.10 Å². The lowest BCUT2D eigenvalue weighted by atomic mass is 9.91. The highest BCUT2D eigenvalue weighted by atomic mass is 35.5. The van der Waals surface area contributed by atoms with Gasteiger partial charge in [0.05, 0.1) is 30.1 Å². The second kappa shape index (κ2) is 7.09. The molecule has 2 heterocycles. The van der Waals surface area contributed by atoms with Crippen LogP contribution in [-0.4, -0.2) is 52.6 Å². The Bertz CT molecular complexity index is 464. The van der Waals surface area contributed by atoms with Crippen molar-refractivity contribution in [2.75, 3.05) is 26.8 Å². The minimum Gasteiger partial charge on any atom is -0.383 e. The summed E-state index contributed by atoms with van der Waals surface area (Å²) in [6, 6.07) is 0.501. The van der Waals surface area contributed by atoms with Gasteiger partial charge in [0.15, 0.2) is 0 Å². The van der Waals surface area contributed by atoms with Crippen LogP contribution in [0, 0.1) is 0 Å². The van der Waals surface area contributed by atoms with E-state index in [0.29, 0.717) is 37.1 Å². The van der Waals surface area contributed by atoms with Crippen LogP contribution >= 0.6 is 11.6 Å². The van der Waals surface area contributed by atoms with Crippen LogP contribution in [0.2, 0.25) is 5.02 Å². The van der Waals surface area contributed by atoms with E-state index in [1.807, 2.05) is 0 Å². The molecule has 0 spiro atoms. The zero-order valence-electron chi connectivity index (χ0n) is 13.2. The number of rotatable bonds is 5. The quantitative estimate of drug-likeness (QED) is 0.905. The number of ether oxygens (including phenoxy) is 1. The van der Waals surface area contributed by atoms with E-state index in [4.69, 9.17) is 16.3 Å². The van der Waals surface area contributed by atoms with Gasteiger partial charge in [-0.25, -0.2) is 0 Å². The fraction of sp³-hybridized carbons (Fsp3) is 0.800. The second-order valence-corrected chi connectivity index (χ2v) is 6.48. The predicted molar refractivity (Wildman–Crippen MR) is 83.6 cm³/mol. The van der Waals surface area contributed by atoms with Crippen LogP contribution in [0.25, 0.3) is 0 Å². The van der Waals surface area contributed by atoms with Crippen molar-refractivity contribution in [2.24, 2.45) is 0 Å². The van der Waals surface area contributed by atoms with Gasteiger partial charge in [-0.05, 0) is 39.7 Å². The molecule has 1 atom stereocenters. The maximum atomic E-state index is 11.2. The smallest absolute Gasteiger partial charge is 0.109 e. The van der Waals surface area contributed by atoms with Crippen molar-refractivity contribution >= 4 is 11.6 Å². The zero-order valence-corrected chi connectivity index (χ0v) is 13.9. The second-order valence-electron chi connectivity index (χ2n) is 6.07. The van der Waals surface area contributed by atoms with Crippen molar-refractivity contribution in [3.63, 3.8) is 0 Å². The van der Waals surface area contributed by atoms with Crippen molar-refractivity contribution in [3.05, 3.63) is 16.9 Å². The summed E-state index contributed by atoms with van der Waals surface area (Å²) >= 11 is 6.30. The van der Waals surface area contributed by atoms with Crippen LogP contribution < -0.4 is 0 Å². The minimum absolute atomic E-state index is 0.501. The third-order valence-corrected chi connectivity index (χ3v) is 4.60. The van der Waals surface area contributed by atoms with Gasteiger partial charge in [-0.3, -0.25) is 4.68 Å². The van der Waals surface area contributed by atoms with Crippen LogP contribution in [0.5, 0.6) is 0 Å². The lowest BCUT2D eigenvalue weighted by molar-refractivity contribution is 0.0106. The van der Waals surface area contributed by atoms with E-state index >= 15 is 0 Å². The lowest BCUT2D eigenvalue weighted by Gasteiger charge is -2.29. The monoisotopic (exact) mass is 315 g/mol. The molecule has 1 fully saturated rings. The minimum atomic E-state index is -0.898. The summed E-state index contributed by atoms with van der Waals surface area (Å²) in [5.41, 5.74) is -0.155. The first-order valence-electron chi connectivity index (χ1n) is 7.65. The number of halogens is 1. The van der Waals surface area contributed by atoms with Crippen LogP contribution in [0.15, 0.2) is 6.20 Å². The predicted octanol–water partition coefficient (Wildman–Crippen LogP) is 2.26. The van der Waals surface area contributed by atoms with Crippen molar-refractivity contribution in [1.82, 2.24) is 14.7 Å². The largest absolute Gasteiger partial charge is 0.383 e. The molecule has 1 aliphatic rings. The zero-order chi connectivity index (χ0) is 15.5. The Kier molecular flexibility index (Phi) is 5.66. The van der Waals surface area contributed by atoms with E-state index in [0.717, 1.165) is 25.2 Å². The molecule has 1 N–H and O–H groups in total. The maximum Gasteiger partial charge on any atom is 0.109 e. The topological polar surface area (TPSA) is 50.5 Å². The first-order valence-corrected chi connectivity index (χ1v) is 8.03. The number of aromatic nitrogens is 2. The molecule has 0 aromatic carbocycles. The van der Waals surface area contributed by atoms with Crippen molar-refractivity contribution < 1.29 is 9.84 Å². The Morgan fingerprint density at radius 1 is 1.43 bits per heavy atom. The molecule has 21 heavy (non-hydrogen) atoms. The van der Waals surface area contributed by atoms with E-state index in [1.54, 1.807) is 18.0 Å². The Labute approximate surface area is 131 Å². The Hall–Kier alpha value is -0.620. The summed E-state index contributed by atoms with van der Waals surface area (Å²) in [6.07, 6.45) is 3.98. The molecule has 0 saturated carbocycles. The first kappa shape index (κ1) is 16.7. The number of likely N-dealkylation sites (tertiary alicyclic amines) is 1. The third-order valence-electron chi connectivity index (χ3n) is 4.32. The van der Waals surface area contributed by atoms with Gasteiger partial charge < -0.3 is 14.7 Å².